The second-order valence-electron chi connectivity index (χ2n) is 6.62. The van der Waals surface area contributed by atoms with Crippen LogP contribution in [0.3, 0.4) is 0 Å². The number of anilines is 1. The van der Waals surface area contributed by atoms with Crippen molar-refractivity contribution in [2.75, 3.05) is 18.4 Å². The molecule has 2 aromatic rings. The molecule has 1 heterocycles. The molecule has 0 spiro atoms. The summed E-state index contributed by atoms with van der Waals surface area (Å²) >= 11 is 0. The molecule has 0 saturated carbocycles. The van der Waals surface area contributed by atoms with Crippen LogP contribution in [0.25, 0.3) is 0 Å². The number of hydrogen-bond acceptors (Lipinski definition) is 6. The summed E-state index contributed by atoms with van der Waals surface area (Å²) in [6.07, 6.45) is -0.212. The number of hydrogen-bond donors (Lipinski definition) is 1. The van der Waals surface area contributed by atoms with Gasteiger partial charge in [0, 0.05) is 31.8 Å². The molecule has 10 nitrogen and oxygen atoms in total. The van der Waals surface area contributed by atoms with Crippen LogP contribution in [0.2, 0.25) is 0 Å². The zero-order chi connectivity index (χ0) is 21.7. The lowest BCUT2D eigenvalue weighted by Gasteiger charge is -2.27. The molecule has 1 saturated heterocycles. The first-order valence-electron chi connectivity index (χ1n) is 9.23. The Kier molecular flexibility index (Phi) is 6.26. The molecule has 30 heavy (non-hydrogen) atoms. The minimum atomic E-state index is -0.719. The van der Waals surface area contributed by atoms with Gasteiger partial charge in [0.15, 0.2) is 0 Å². The molecule has 2 aromatic carbocycles. The van der Waals surface area contributed by atoms with Crippen molar-refractivity contribution in [1.29, 1.82) is 0 Å². The van der Waals surface area contributed by atoms with Crippen molar-refractivity contribution in [2.45, 2.75) is 20.0 Å². The number of carbonyl (C=O) groups is 3. The molecule has 1 aliphatic heterocycles. The first-order valence-corrected chi connectivity index (χ1v) is 9.23. The van der Waals surface area contributed by atoms with Gasteiger partial charge in [-0.3, -0.25) is 19.7 Å². The minimum Gasteiger partial charge on any atom is -0.443 e. The predicted octanol–water partition coefficient (Wildman–Crippen LogP) is 2.95. The fourth-order valence-electron chi connectivity index (χ4n) is 3.09. The highest BCUT2D eigenvalue weighted by atomic mass is 16.6. The van der Waals surface area contributed by atoms with Gasteiger partial charge in [0.05, 0.1) is 4.92 Å². The summed E-state index contributed by atoms with van der Waals surface area (Å²) in [7, 11) is 0. The monoisotopic (exact) mass is 412 g/mol. The average molecular weight is 412 g/mol. The summed E-state index contributed by atoms with van der Waals surface area (Å²) in [6.45, 7) is 1.78. The normalized spacial score (nSPS) is 13.1. The van der Waals surface area contributed by atoms with E-state index in [4.69, 9.17) is 4.74 Å². The van der Waals surface area contributed by atoms with Gasteiger partial charge in [-0.25, -0.2) is 14.8 Å². The van der Waals surface area contributed by atoms with Gasteiger partial charge in [-0.05, 0) is 24.1 Å². The highest BCUT2D eigenvalue weighted by molar-refractivity contribution is 6.01. The molecule has 1 fully saturated rings. The van der Waals surface area contributed by atoms with Gasteiger partial charge in [0.25, 0.3) is 11.6 Å². The standard InChI is InChI=1S/C20H20N4O6/c1-14(25)21-16-8-9-18(24(28)29)17(12-16)19(26)22-10-5-11-23(22)20(27)30-13-15-6-3-2-4-7-15/h2-4,6-9,12H,5,10-11,13H2,1H3,(H,21,25). The number of benzene rings is 2. The smallest absolute Gasteiger partial charge is 0.429 e. The van der Waals surface area contributed by atoms with Gasteiger partial charge in [-0.15, -0.1) is 0 Å². The third-order valence-electron chi connectivity index (χ3n) is 4.43. The van der Waals surface area contributed by atoms with Gasteiger partial charge < -0.3 is 10.1 Å². The molecule has 0 radical (unpaired) electrons. The second-order valence-corrected chi connectivity index (χ2v) is 6.62. The summed E-state index contributed by atoms with van der Waals surface area (Å²) in [5.74, 6) is -1.10. The number of carbonyl (C=O) groups excluding carboxylic acids is 3. The molecule has 1 aliphatic rings. The summed E-state index contributed by atoms with van der Waals surface area (Å²) in [5, 5.41) is 16.2. The van der Waals surface area contributed by atoms with Crippen molar-refractivity contribution in [1.82, 2.24) is 10.0 Å². The molecule has 0 aliphatic carbocycles. The zero-order valence-corrected chi connectivity index (χ0v) is 16.2. The SMILES string of the molecule is CC(=O)Nc1ccc([N+](=O)[O-])c(C(=O)N2CCCN2C(=O)OCc2ccccc2)c1. The molecule has 3 amide bonds. The molecule has 3 rings (SSSR count). The molecule has 1 N–H and O–H groups in total. The lowest BCUT2D eigenvalue weighted by Crippen LogP contribution is -2.45. The number of nitro benzene ring substituents is 1. The van der Waals surface area contributed by atoms with Gasteiger partial charge in [0.2, 0.25) is 5.91 Å². The first-order chi connectivity index (χ1) is 14.4. The maximum absolute atomic E-state index is 13.1. The van der Waals surface area contributed by atoms with Gasteiger partial charge >= 0.3 is 6.09 Å². The maximum Gasteiger partial charge on any atom is 0.429 e. The van der Waals surface area contributed by atoms with Crippen molar-refractivity contribution >= 4 is 29.3 Å². The van der Waals surface area contributed by atoms with E-state index in [0.717, 1.165) is 21.6 Å². The fourth-order valence-corrected chi connectivity index (χ4v) is 3.09. The summed E-state index contributed by atoms with van der Waals surface area (Å²) in [6, 6.07) is 12.8. The topological polar surface area (TPSA) is 122 Å². The molecular formula is C20H20N4O6. The van der Waals surface area contributed by atoms with Crippen LogP contribution in [0, 0.1) is 10.1 Å². The number of rotatable bonds is 5. The third kappa shape index (κ3) is 4.72. The number of ether oxygens (including phenoxy) is 1. The van der Waals surface area contributed by atoms with E-state index in [1.165, 1.54) is 19.1 Å². The lowest BCUT2D eigenvalue weighted by atomic mass is 10.1. The van der Waals surface area contributed by atoms with E-state index in [9.17, 15) is 24.5 Å². The minimum absolute atomic E-state index is 0.0381. The van der Waals surface area contributed by atoms with E-state index < -0.39 is 22.6 Å². The third-order valence-corrected chi connectivity index (χ3v) is 4.43. The average Bonchev–Trinajstić information content (AvgIpc) is 3.21. The first kappa shape index (κ1) is 20.8. The van der Waals surface area contributed by atoms with E-state index in [1.54, 1.807) is 12.1 Å². The van der Waals surface area contributed by atoms with Crippen molar-refractivity contribution in [3.05, 3.63) is 69.8 Å². The summed E-state index contributed by atoms with van der Waals surface area (Å²) < 4.78 is 5.28. The van der Waals surface area contributed by atoms with Crippen LogP contribution >= 0.6 is 0 Å². The second kappa shape index (κ2) is 9.03. The quantitative estimate of drug-likeness (QED) is 0.595. The Morgan fingerprint density at radius 1 is 1.10 bits per heavy atom. The Labute approximate surface area is 172 Å². The Bertz CT molecular complexity index is 979. The molecular weight excluding hydrogens is 392 g/mol. The van der Waals surface area contributed by atoms with Crippen LogP contribution in [0.5, 0.6) is 0 Å². The molecule has 0 aromatic heterocycles. The number of nitrogens with zero attached hydrogens (tertiary/aromatic N) is 3. The van der Waals surface area contributed by atoms with Gasteiger partial charge in [-0.1, -0.05) is 30.3 Å². The van der Waals surface area contributed by atoms with Crippen LogP contribution in [0.15, 0.2) is 48.5 Å². The van der Waals surface area contributed by atoms with E-state index in [0.29, 0.717) is 6.42 Å². The molecule has 10 heteroatoms. The summed E-state index contributed by atoms with van der Waals surface area (Å²) in [5.41, 5.74) is 0.392. The van der Waals surface area contributed by atoms with Crippen LogP contribution < -0.4 is 5.32 Å². The Morgan fingerprint density at radius 3 is 2.47 bits per heavy atom. The Morgan fingerprint density at radius 2 is 1.80 bits per heavy atom. The Balaban J connectivity index is 1.80. The molecule has 0 bridgehead atoms. The molecule has 156 valence electrons. The number of hydrazine groups is 1. The fraction of sp³-hybridized carbons (Fsp3) is 0.250. The largest absolute Gasteiger partial charge is 0.443 e. The van der Waals surface area contributed by atoms with Crippen LogP contribution in [0.4, 0.5) is 16.2 Å². The molecule has 0 atom stereocenters. The van der Waals surface area contributed by atoms with Crippen LogP contribution in [-0.2, 0) is 16.1 Å². The van der Waals surface area contributed by atoms with E-state index in [-0.39, 0.29) is 36.9 Å². The number of amides is 3. The van der Waals surface area contributed by atoms with Crippen LogP contribution in [0.1, 0.15) is 29.3 Å². The predicted molar refractivity (Wildman–Crippen MR) is 106 cm³/mol. The number of nitrogens with one attached hydrogen (secondary N) is 1. The van der Waals surface area contributed by atoms with Gasteiger partial charge in [0.1, 0.15) is 12.2 Å². The summed E-state index contributed by atoms with van der Waals surface area (Å²) in [4.78, 5) is 47.6. The van der Waals surface area contributed by atoms with Crippen molar-refractivity contribution < 1.29 is 24.0 Å². The van der Waals surface area contributed by atoms with E-state index in [1.807, 2.05) is 18.2 Å². The van der Waals surface area contributed by atoms with Crippen molar-refractivity contribution in [3.8, 4) is 0 Å². The Hall–Kier alpha value is -3.95. The van der Waals surface area contributed by atoms with Gasteiger partial charge in [-0.2, -0.15) is 0 Å². The van der Waals surface area contributed by atoms with Crippen molar-refractivity contribution in [2.24, 2.45) is 0 Å². The number of nitro groups is 1. The maximum atomic E-state index is 13.1. The molecule has 0 unspecified atom stereocenters. The highest BCUT2D eigenvalue weighted by Gasteiger charge is 2.35. The van der Waals surface area contributed by atoms with E-state index in [2.05, 4.69) is 5.32 Å². The van der Waals surface area contributed by atoms with E-state index >= 15 is 0 Å². The van der Waals surface area contributed by atoms with Crippen molar-refractivity contribution in [3.63, 3.8) is 0 Å². The highest BCUT2D eigenvalue weighted by Crippen LogP contribution is 2.26. The zero-order valence-electron chi connectivity index (χ0n) is 16.2. The van der Waals surface area contributed by atoms with Crippen LogP contribution in [-0.4, -0.2) is 45.9 Å². The lowest BCUT2D eigenvalue weighted by molar-refractivity contribution is -0.385.